The minimum atomic E-state index is -1.39. The highest BCUT2D eigenvalue weighted by Crippen LogP contribution is 2.24. The molecular formula is C18H17Cl2N3O5. The van der Waals surface area contributed by atoms with Gasteiger partial charge in [-0.15, -0.1) is 0 Å². The van der Waals surface area contributed by atoms with Crippen LogP contribution in [0.3, 0.4) is 0 Å². The van der Waals surface area contributed by atoms with Gasteiger partial charge in [0.1, 0.15) is 11.8 Å². The quantitative estimate of drug-likeness (QED) is 0.465. The van der Waals surface area contributed by atoms with Crippen LogP contribution in [0, 0.1) is 0 Å². The van der Waals surface area contributed by atoms with Gasteiger partial charge in [-0.3, -0.25) is 4.79 Å². The van der Waals surface area contributed by atoms with Crippen LogP contribution in [0.4, 0.5) is 4.79 Å². The van der Waals surface area contributed by atoms with Crippen molar-refractivity contribution in [3.63, 3.8) is 0 Å². The lowest BCUT2D eigenvalue weighted by Crippen LogP contribution is -2.50. The Balaban J connectivity index is 1.90. The van der Waals surface area contributed by atoms with E-state index in [1.54, 1.807) is 18.2 Å². The molecule has 28 heavy (non-hydrogen) atoms. The van der Waals surface area contributed by atoms with E-state index in [1.165, 1.54) is 24.3 Å². The molecule has 5 N–H and O–H groups in total. The number of carbonyl (C=O) groups is 3. The lowest BCUT2D eigenvalue weighted by Gasteiger charge is -2.16. The zero-order valence-electron chi connectivity index (χ0n) is 14.4. The van der Waals surface area contributed by atoms with Crippen molar-refractivity contribution in [3.8, 4) is 5.75 Å². The molecule has 0 saturated carbocycles. The van der Waals surface area contributed by atoms with Crippen LogP contribution in [0.15, 0.2) is 42.5 Å². The van der Waals surface area contributed by atoms with Crippen molar-refractivity contribution in [2.24, 2.45) is 0 Å². The van der Waals surface area contributed by atoms with Gasteiger partial charge in [0.05, 0.1) is 22.2 Å². The third-order valence-corrected chi connectivity index (χ3v) is 4.28. The molecule has 0 aliphatic carbocycles. The van der Waals surface area contributed by atoms with Crippen LogP contribution in [0.25, 0.3) is 0 Å². The standard InChI is InChI=1S/C18H17Cl2N3O5/c19-12-2-1-3-13(20)15(12)16(25)23-14(17(26)27)9-22-18(28)21-8-10-4-6-11(24)7-5-10/h1-7,14,24H,8-9H2,(H,23,25)(H,26,27)(H2,21,22,28)/t14-/m0/s1. The van der Waals surface area contributed by atoms with Crippen LogP contribution in [0.1, 0.15) is 15.9 Å². The fraction of sp³-hybridized carbons (Fsp3) is 0.167. The van der Waals surface area contributed by atoms with Gasteiger partial charge in [0.15, 0.2) is 0 Å². The summed E-state index contributed by atoms with van der Waals surface area (Å²) >= 11 is 11.9. The monoisotopic (exact) mass is 425 g/mol. The predicted molar refractivity (Wildman–Crippen MR) is 104 cm³/mol. The van der Waals surface area contributed by atoms with E-state index in [0.29, 0.717) is 0 Å². The molecule has 148 valence electrons. The molecule has 0 aliphatic rings. The topological polar surface area (TPSA) is 128 Å². The molecule has 0 saturated heterocycles. The largest absolute Gasteiger partial charge is 0.508 e. The van der Waals surface area contributed by atoms with Crippen molar-refractivity contribution < 1.29 is 24.6 Å². The molecule has 0 radical (unpaired) electrons. The van der Waals surface area contributed by atoms with Crippen LogP contribution >= 0.6 is 23.2 Å². The first kappa shape index (κ1) is 21.3. The number of carboxylic acid groups (broad SMARTS) is 1. The SMILES string of the molecule is O=C(NCc1ccc(O)cc1)NC[C@H](NC(=O)c1c(Cl)cccc1Cl)C(=O)O. The summed E-state index contributed by atoms with van der Waals surface area (Å²) in [6, 6.07) is 8.65. The second-order valence-corrected chi connectivity index (χ2v) is 6.51. The molecule has 2 rings (SSSR count). The van der Waals surface area contributed by atoms with E-state index in [0.717, 1.165) is 5.56 Å². The molecule has 0 aromatic heterocycles. The van der Waals surface area contributed by atoms with E-state index in [1.807, 2.05) is 0 Å². The van der Waals surface area contributed by atoms with E-state index in [9.17, 15) is 24.6 Å². The normalized spacial score (nSPS) is 11.4. The Kier molecular flexibility index (Phi) is 7.48. The van der Waals surface area contributed by atoms with Gasteiger partial charge in [0.2, 0.25) is 0 Å². The van der Waals surface area contributed by atoms with Crippen LogP contribution in [-0.2, 0) is 11.3 Å². The Labute approximate surface area is 170 Å². The summed E-state index contributed by atoms with van der Waals surface area (Å²) in [7, 11) is 0. The first-order chi connectivity index (χ1) is 13.3. The van der Waals surface area contributed by atoms with Gasteiger partial charge in [-0.25, -0.2) is 9.59 Å². The Bertz CT molecular complexity index is 854. The molecule has 0 bridgehead atoms. The van der Waals surface area contributed by atoms with Gasteiger partial charge in [-0.2, -0.15) is 0 Å². The molecule has 1 atom stereocenters. The average molecular weight is 426 g/mol. The molecule has 10 heteroatoms. The maximum atomic E-state index is 12.3. The lowest BCUT2D eigenvalue weighted by molar-refractivity contribution is -0.139. The highest BCUT2D eigenvalue weighted by molar-refractivity contribution is 6.39. The number of amides is 3. The summed E-state index contributed by atoms with van der Waals surface area (Å²) in [5, 5.41) is 25.8. The fourth-order valence-electron chi connectivity index (χ4n) is 2.20. The number of nitrogens with one attached hydrogen (secondary N) is 3. The lowest BCUT2D eigenvalue weighted by atomic mass is 10.2. The number of rotatable bonds is 7. The van der Waals surface area contributed by atoms with Crippen LogP contribution < -0.4 is 16.0 Å². The average Bonchev–Trinajstić information content (AvgIpc) is 2.64. The molecule has 2 aromatic rings. The molecule has 0 spiro atoms. The number of benzene rings is 2. The third-order valence-electron chi connectivity index (χ3n) is 3.65. The molecule has 2 aromatic carbocycles. The molecule has 0 heterocycles. The summed E-state index contributed by atoms with van der Waals surface area (Å²) in [5.41, 5.74) is 0.693. The number of urea groups is 1. The van der Waals surface area contributed by atoms with E-state index < -0.39 is 23.9 Å². The molecule has 0 aliphatic heterocycles. The van der Waals surface area contributed by atoms with Gasteiger partial charge in [0.25, 0.3) is 5.91 Å². The maximum absolute atomic E-state index is 12.3. The van der Waals surface area contributed by atoms with Crippen LogP contribution in [0.2, 0.25) is 10.0 Å². The first-order valence-corrected chi connectivity index (χ1v) is 8.81. The van der Waals surface area contributed by atoms with Crippen molar-refractivity contribution in [1.29, 1.82) is 0 Å². The number of carboxylic acids is 1. The van der Waals surface area contributed by atoms with E-state index >= 15 is 0 Å². The first-order valence-electron chi connectivity index (χ1n) is 8.05. The minimum Gasteiger partial charge on any atom is -0.508 e. The summed E-state index contributed by atoms with van der Waals surface area (Å²) in [6.45, 7) is -0.185. The van der Waals surface area contributed by atoms with E-state index in [-0.39, 0.29) is 34.4 Å². The second kappa shape index (κ2) is 9.82. The zero-order valence-corrected chi connectivity index (χ0v) is 15.9. The highest BCUT2D eigenvalue weighted by Gasteiger charge is 2.23. The molecule has 3 amide bonds. The van der Waals surface area contributed by atoms with Crippen molar-refractivity contribution in [2.75, 3.05) is 6.54 Å². The Morgan fingerprint density at radius 3 is 2.14 bits per heavy atom. The van der Waals surface area contributed by atoms with Gasteiger partial charge in [-0.05, 0) is 29.8 Å². The van der Waals surface area contributed by atoms with E-state index in [2.05, 4.69) is 16.0 Å². The summed E-state index contributed by atoms with van der Waals surface area (Å²) in [4.78, 5) is 35.5. The predicted octanol–water partition coefficient (Wildman–Crippen LogP) is 2.38. The van der Waals surface area contributed by atoms with Crippen molar-refractivity contribution in [2.45, 2.75) is 12.6 Å². The van der Waals surface area contributed by atoms with Crippen molar-refractivity contribution in [3.05, 3.63) is 63.6 Å². The van der Waals surface area contributed by atoms with Crippen molar-refractivity contribution in [1.82, 2.24) is 16.0 Å². The number of carbonyl (C=O) groups excluding carboxylic acids is 2. The van der Waals surface area contributed by atoms with Gasteiger partial charge >= 0.3 is 12.0 Å². The zero-order chi connectivity index (χ0) is 20.7. The summed E-state index contributed by atoms with van der Waals surface area (Å²) < 4.78 is 0. The summed E-state index contributed by atoms with van der Waals surface area (Å²) in [5.74, 6) is -2.00. The fourth-order valence-corrected chi connectivity index (χ4v) is 2.77. The Hall–Kier alpha value is -2.97. The third kappa shape index (κ3) is 6.04. The minimum absolute atomic E-state index is 0.0473. The van der Waals surface area contributed by atoms with E-state index in [4.69, 9.17) is 23.2 Å². The number of phenolic OH excluding ortho intramolecular Hbond substituents is 1. The molecule has 8 nitrogen and oxygen atoms in total. The maximum Gasteiger partial charge on any atom is 0.328 e. The summed E-state index contributed by atoms with van der Waals surface area (Å²) in [6.07, 6.45) is 0. The van der Waals surface area contributed by atoms with Crippen molar-refractivity contribution >= 4 is 41.1 Å². The number of phenols is 1. The number of aromatic hydroxyl groups is 1. The van der Waals surface area contributed by atoms with Gasteiger partial charge in [0, 0.05) is 6.54 Å². The van der Waals surface area contributed by atoms with Crippen LogP contribution in [0.5, 0.6) is 5.75 Å². The van der Waals surface area contributed by atoms with Crippen LogP contribution in [-0.4, -0.2) is 40.7 Å². The number of halogens is 2. The highest BCUT2D eigenvalue weighted by atomic mass is 35.5. The second-order valence-electron chi connectivity index (χ2n) is 5.69. The smallest absolute Gasteiger partial charge is 0.328 e. The number of hydrogen-bond donors (Lipinski definition) is 5. The van der Waals surface area contributed by atoms with Gasteiger partial charge in [-0.1, -0.05) is 41.4 Å². The Morgan fingerprint density at radius 2 is 1.57 bits per heavy atom. The number of aliphatic carboxylic acids is 1. The number of hydrogen-bond acceptors (Lipinski definition) is 4. The Morgan fingerprint density at radius 1 is 0.964 bits per heavy atom. The molecular weight excluding hydrogens is 409 g/mol. The molecule has 0 fully saturated rings. The van der Waals surface area contributed by atoms with Gasteiger partial charge < -0.3 is 26.2 Å². The molecule has 0 unspecified atom stereocenters.